The van der Waals surface area contributed by atoms with Gasteiger partial charge in [0.05, 0.1) is 35.2 Å². The number of benzodiazepines with no additional fused rings is 1. The van der Waals surface area contributed by atoms with Gasteiger partial charge in [-0.25, -0.2) is 15.0 Å². The van der Waals surface area contributed by atoms with Crippen molar-refractivity contribution in [2.24, 2.45) is 4.99 Å². The summed E-state index contributed by atoms with van der Waals surface area (Å²) in [4.78, 5) is 28.3. The van der Waals surface area contributed by atoms with Crippen LogP contribution in [-0.4, -0.2) is 34.8 Å². The Morgan fingerprint density at radius 1 is 0.853 bits per heavy atom. The number of aliphatic imine (C=N–C) groups is 1. The van der Waals surface area contributed by atoms with E-state index in [1.807, 2.05) is 66.7 Å². The zero-order chi connectivity index (χ0) is 23.5. The van der Waals surface area contributed by atoms with Crippen molar-refractivity contribution in [3.8, 4) is 0 Å². The Morgan fingerprint density at radius 3 is 2.26 bits per heavy atom. The third-order valence-corrected chi connectivity index (χ3v) is 5.51. The molecule has 2 aromatic heterocycles. The molecule has 5 rings (SSSR count). The molecule has 0 saturated carbocycles. The Hall–Kier alpha value is -4.72. The van der Waals surface area contributed by atoms with Gasteiger partial charge in [-0.05, 0) is 30.3 Å². The smallest absolute Gasteiger partial charge is 0.271 e. The number of hydrogen-bond donors (Lipinski definition) is 3. The van der Waals surface area contributed by atoms with E-state index in [4.69, 9.17) is 10.7 Å². The number of nitrogens with two attached hydrogens (primary N) is 1. The zero-order valence-corrected chi connectivity index (χ0v) is 18.5. The lowest BCUT2D eigenvalue weighted by Gasteiger charge is -2.21. The lowest BCUT2D eigenvalue weighted by molar-refractivity contribution is -0.118. The second-order valence-corrected chi connectivity index (χ2v) is 7.83. The van der Waals surface area contributed by atoms with Gasteiger partial charge in [-0.1, -0.05) is 48.5 Å². The number of aromatic nitrogens is 2. The van der Waals surface area contributed by atoms with E-state index in [9.17, 15) is 4.79 Å². The topological polar surface area (TPSA) is 109 Å². The maximum atomic E-state index is 13.3. The van der Waals surface area contributed by atoms with E-state index in [-0.39, 0.29) is 5.91 Å². The van der Waals surface area contributed by atoms with Gasteiger partial charge in [-0.2, -0.15) is 0 Å². The average Bonchev–Trinajstić information content (AvgIpc) is 2.98. The summed E-state index contributed by atoms with van der Waals surface area (Å²) in [6.07, 6.45) is 2.50. The van der Waals surface area contributed by atoms with Crippen LogP contribution in [0.4, 0.5) is 28.7 Å². The minimum Gasteiger partial charge on any atom is -0.384 e. The normalized spacial score (nSPS) is 15.2. The van der Waals surface area contributed by atoms with Gasteiger partial charge in [0.2, 0.25) is 6.17 Å². The molecule has 34 heavy (non-hydrogen) atoms. The van der Waals surface area contributed by atoms with Gasteiger partial charge < -0.3 is 21.3 Å². The first kappa shape index (κ1) is 21.1. The summed E-state index contributed by atoms with van der Waals surface area (Å²) in [6.45, 7) is 0. The molecule has 4 N–H and O–H groups in total. The van der Waals surface area contributed by atoms with Crippen LogP contribution in [0.5, 0.6) is 0 Å². The highest BCUT2D eigenvalue weighted by atomic mass is 16.2. The Labute approximate surface area is 197 Å². The number of anilines is 5. The SMILES string of the molecule is CN1C(=O)C(Nc2ccc(Nc3ccc(N)nc3)cn2)N=C(c2ccccc2)c2ccccc21. The second-order valence-electron chi connectivity index (χ2n) is 7.83. The number of carbonyl (C=O) groups is 1. The maximum Gasteiger partial charge on any atom is 0.271 e. The molecular weight excluding hydrogens is 426 g/mol. The molecule has 168 valence electrons. The molecule has 1 atom stereocenters. The first-order valence-corrected chi connectivity index (χ1v) is 10.8. The fourth-order valence-corrected chi connectivity index (χ4v) is 3.78. The third-order valence-electron chi connectivity index (χ3n) is 5.51. The molecule has 0 radical (unpaired) electrons. The van der Waals surface area contributed by atoms with Crippen molar-refractivity contribution in [3.63, 3.8) is 0 Å². The number of amides is 1. The van der Waals surface area contributed by atoms with Crippen molar-refractivity contribution >= 4 is 40.3 Å². The minimum absolute atomic E-state index is 0.171. The van der Waals surface area contributed by atoms with Gasteiger partial charge in [-0.15, -0.1) is 0 Å². The summed E-state index contributed by atoms with van der Waals surface area (Å²) in [6, 6.07) is 24.9. The third kappa shape index (κ3) is 4.29. The highest BCUT2D eigenvalue weighted by molar-refractivity contribution is 6.20. The Morgan fingerprint density at radius 2 is 1.56 bits per heavy atom. The Balaban J connectivity index is 1.43. The molecule has 0 spiro atoms. The van der Waals surface area contributed by atoms with E-state index in [1.165, 1.54) is 0 Å². The number of pyridine rings is 2. The molecule has 1 aliphatic rings. The first-order valence-electron chi connectivity index (χ1n) is 10.8. The van der Waals surface area contributed by atoms with Crippen molar-refractivity contribution < 1.29 is 4.79 Å². The molecule has 0 fully saturated rings. The van der Waals surface area contributed by atoms with E-state index < -0.39 is 6.17 Å². The van der Waals surface area contributed by atoms with Gasteiger partial charge in [0.1, 0.15) is 11.6 Å². The predicted octanol–water partition coefficient (Wildman–Crippen LogP) is 4.05. The van der Waals surface area contributed by atoms with E-state index in [1.54, 1.807) is 36.5 Å². The number of nitrogens with one attached hydrogen (secondary N) is 2. The lowest BCUT2D eigenvalue weighted by Crippen LogP contribution is -2.39. The van der Waals surface area contributed by atoms with E-state index >= 15 is 0 Å². The summed E-state index contributed by atoms with van der Waals surface area (Å²) in [5.74, 6) is 0.823. The second kappa shape index (κ2) is 9.03. The number of para-hydroxylation sites is 1. The van der Waals surface area contributed by atoms with E-state index in [2.05, 4.69) is 20.6 Å². The zero-order valence-electron chi connectivity index (χ0n) is 18.5. The quantitative estimate of drug-likeness (QED) is 0.424. The number of benzene rings is 2. The standard InChI is InChI=1S/C26H23N7O/c1-33-21-10-6-5-9-20(21)24(17-7-3-2-4-8-17)32-25(26(33)34)31-23-14-12-19(16-29-23)30-18-11-13-22(27)28-15-18/h2-16,25,30H,1H3,(H2,27,28)(H,29,31). The van der Waals surface area contributed by atoms with Crippen molar-refractivity contribution in [2.45, 2.75) is 6.17 Å². The molecule has 1 unspecified atom stereocenters. The molecule has 0 bridgehead atoms. The molecule has 2 aromatic carbocycles. The fourth-order valence-electron chi connectivity index (χ4n) is 3.78. The van der Waals surface area contributed by atoms with Crippen molar-refractivity contribution in [2.75, 3.05) is 28.3 Å². The molecule has 3 heterocycles. The molecule has 0 aliphatic carbocycles. The van der Waals surface area contributed by atoms with Crippen molar-refractivity contribution in [1.82, 2.24) is 9.97 Å². The molecule has 1 aliphatic heterocycles. The van der Waals surface area contributed by atoms with Crippen molar-refractivity contribution in [1.29, 1.82) is 0 Å². The molecule has 0 saturated heterocycles. The fraction of sp³-hybridized carbons (Fsp3) is 0.0769. The molecular formula is C26H23N7O. The summed E-state index contributed by atoms with van der Waals surface area (Å²) in [5.41, 5.74) is 10.6. The van der Waals surface area contributed by atoms with Crippen LogP contribution in [0.3, 0.4) is 0 Å². The van der Waals surface area contributed by atoms with Gasteiger partial charge in [0.25, 0.3) is 5.91 Å². The lowest BCUT2D eigenvalue weighted by atomic mass is 10.0. The number of nitrogen functional groups attached to an aromatic ring is 1. The number of likely N-dealkylation sites (N-methyl/N-ethyl adjacent to an activating group) is 1. The number of rotatable bonds is 5. The summed E-state index contributed by atoms with van der Waals surface area (Å²) in [7, 11) is 1.76. The van der Waals surface area contributed by atoms with Gasteiger partial charge >= 0.3 is 0 Å². The van der Waals surface area contributed by atoms with Gasteiger partial charge in [0.15, 0.2) is 0 Å². The molecule has 1 amide bonds. The number of nitrogens with zero attached hydrogens (tertiary/aromatic N) is 4. The van der Waals surface area contributed by atoms with Crippen LogP contribution in [0, 0.1) is 0 Å². The minimum atomic E-state index is -0.833. The first-order chi connectivity index (χ1) is 16.6. The summed E-state index contributed by atoms with van der Waals surface area (Å²) < 4.78 is 0. The largest absolute Gasteiger partial charge is 0.384 e. The molecule has 8 heteroatoms. The van der Waals surface area contributed by atoms with Crippen LogP contribution in [0.25, 0.3) is 0 Å². The van der Waals surface area contributed by atoms with Crippen LogP contribution in [0.15, 0.2) is 96.2 Å². The Kier molecular flexibility index (Phi) is 5.61. The van der Waals surface area contributed by atoms with Crippen LogP contribution in [-0.2, 0) is 4.79 Å². The highest BCUT2D eigenvalue weighted by Gasteiger charge is 2.30. The number of fused-ring (bicyclic) bond motifs is 1. The number of hydrogen-bond acceptors (Lipinski definition) is 7. The Bertz CT molecular complexity index is 1340. The van der Waals surface area contributed by atoms with E-state index in [0.29, 0.717) is 11.6 Å². The van der Waals surface area contributed by atoms with Crippen LogP contribution in [0.1, 0.15) is 11.1 Å². The van der Waals surface area contributed by atoms with Gasteiger partial charge in [-0.3, -0.25) is 4.79 Å². The van der Waals surface area contributed by atoms with Crippen LogP contribution < -0.4 is 21.3 Å². The van der Waals surface area contributed by atoms with Crippen LogP contribution >= 0.6 is 0 Å². The number of carbonyl (C=O) groups excluding carboxylic acids is 1. The molecule has 4 aromatic rings. The van der Waals surface area contributed by atoms with E-state index in [0.717, 1.165) is 33.9 Å². The van der Waals surface area contributed by atoms with Crippen molar-refractivity contribution in [3.05, 3.63) is 102 Å². The monoisotopic (exact) mass is 449 g/mol. The van der Waals surface area contributed by atoms with Gasteiger partial charge in [0, 0.05) is 18.2 Å². The maximum absolute atomic E-state index is 13.3. The predicted molar refractivity (Wildman–Crippen MR) is 136 cm³/mol. The van der Waals surface area contributed by atoms with Crippen LogP contribution in [0.2, 0.25) is 0 Å². The summed E-state index contributed by atoms with van der Waals surface area (Å²) >= 11 is 0. The molecule has 8 nitrogen and oxygen atoms in total. The average molecular weight is 450 g/mol. The highest BCUT2D eigenvalue weighted by Crippen LogP contribution is 2.28. The summed E-state index contributed by atoms with van der Waals surface area (Å²) in [5, 5.41) is 6.40.